The van der Waals surface area contributed by atoms with E-state index in [-0.39, 0.29) is 0 Å². The Hall–Kier alpha value is -2.42. The molecule has 2 aromatic rings. The van der Waals surface area contributed by atoms with Crippen molar-refractivity contribution >= 4 is 0 Å². The van der Waals surface area contributed by atoms with Crippen LogP contribution in [0, 0.1) is 20.8 Å². The molecule has 0 saturated heterocycles. The van der Waals surface area contributed by atoms with E-state index in [0.717, 1.165) is 29.9 Å². The molecule has 0 radical (unpaired) electrons. The fourth-order valence-electron chi connectivity index (χ4n) is 3.26. The number of allylic oxidation sites excluding steroid dienone is 2. The van der Waals surface area contributed by atoms with Crippen LogP contribution in [0.25, 0.3) is 0 Å². The summed E-state index contributed by atoms with van der Waals surface area (Å²) in [6.07, 6.45) is 4.90. The molecule has 1 N–H and O–H groups in total. The van der Waals surface area contributed by atoms with Crippen LogP contribution in [0.3, 0.4) is 0 Å². The van der Waals surface area contributed by atoms with Crippen LogP contribution in [-0.4, -0.2) is 19.3 Å². The van der Waals surface area contributed by atoms with Crippen LogP contribution < -0.4 is 9.47 Å². The molecule has 0 aliphatic carbocycles. The van der Waals surface area contributed by atoms with Gasteiger partial charge in [0.05, 0.1) is 14.2 Å². The molecule has 0 spiro atoms. The van der Waals surface area contributed by atoms with Gasteiger partial charge < -0.3 is 14.6 Å². The second kappa shape index (κ2) is 8.79. The number of benzene rings is 2. The molecule has 0 atom stereocenters. The van der Waals surface area contributed by atoms with Crippen molar-refractivity contribution in [2.45, 2.75) is 47.0 Å². The molecule has 0 bridgehead atoms. The number of rotatable bonds is 7. The van der Waals surface area contributed by atoms with Crippen molar-refractivity contribution in [3.63, 3.8) is 0 Å². The molecule has 0 fully saturated rings. The predicted molar refractivity (Wildman–Crippen MR) is 108 cm³/mol. The standard InChI is InChI=1S/C23H30O3/c1-15(7-9-19-14-20(25-5)10-12-22(19)24)8-11-21-16(2)13-23(26-6)18(4)17(21)3/h7,10,12-14,24H,8-9,11H2,1-6H3/b15-7+. The molecule has 3 nitrogen and oxygen atoms in total. The Morgan fingerprint density at radius 2 is 1.77 bits per heavy atom. The highest BCUT2D eigenvalue weighted by Gasteiger charge is 2.10. The van der Waals surface area contributed by atoms with Crippen LogP contribution >= 0.6 is 0 Å². The molecule has 0 unspecified atom stereocenters. The molecule has 2 rings (SSSR count). The number of hydrogen-bond donors (Lipinski definition) is 1. The van der Waals surface area contributed by atoms with Crippen molar-refractivity contribution in [1.29, 1.82) is 0 Å². The number of methoxy groups -OCH3 is 2. The largest absolute Gasteiger partial charge is 0.508 e. The zero-order valence-corrected chi connectivity index (χ0v) is 16.8. The first-order valence-corrected chi connectivity index (χ1v) is 9.02. The lowest BCUT2D eigenvalue weighted by Gasteiger charge is -2.16. The van der Waals surface area contributed by atoms with Gasteiger partial charge in [0.2, 0.25) is 0 Å². The predicted octanol–water partition coefficient (Wildman–Crippen LogP) is 5.46. The molecule has 0 saturated carbocycles. The molecule has 26 heavy (non-hydrogen) atoms. The van der Waals surface area contributed by atoms with E-state index in [4.69, 9.17) is 9.47 Å². The molecule has 0 aliphatic rings. The molecule has 0 amide bonds. The Balaban J connectivity index is 2.08. The molecular weight excluding hydrogens is 324 g/mol. The first kappa shape index (κ1) is 19.9. The Morgan fingerprint density at radius 1 is 1.04 bits per heavy atom. The maximum absolute atomic E-state index is 10.0. The summed E-state index contributed by atoms with van der Waals surface area (Å²) in [5.41, 5.74) is 7.43. The number of phenols is 1. The fourth-order valence-corrected chi connectivity index (χ4v) is 3.26. The minimum absolute atomic E-state index is 0.312. The van der Waals surface area contributed by atoms with Gasteiger partial charge in [-0.1, -0.05) is 11.6 Å². The number of aryl methyl sites for hydroxylation is 1. The molecule has 2 aromatic carbocycles. The highest BCUT2D eigenvalue weighted by molar-refractivity contribution is 5.48. The van der Waals surface area contributed by atoms with Crippen LogP contribution in [0.15, 0.2) is 35.9 Å². The normalized spacial score (nSPS) is 11.5. The number of hydrogen-bond acceptors (Lipinski definition) is 3. The second-order valence-electron chi connectivity index (χ2n) is 6.87. The summed E-state index contributed by atoms with van der Waals surface area (Å²) in [7, 11) is 3.36. The summed E-state index contributed by atoms with van der Waals surface area (Å²) < 4.78 is 10.7. The van der Waals surface area contributed by atoms with Gasteiger partial charge >= 0.3 is 0 Å². The van der Waals surface area contributed by atoms with E-state index in [9.17, 15) is 5.11 Å². The Bertz CT molecular complexity index is 804. The average Bonchev–Trinajstić information content (AvgIpc) is 2.63. The van der Waals surface area contributed by atoms with Crippen LogP contribution in [0.4, 0.5) is 0 Å². The zero-order chi connectivity index (χ0) is 19.3. The van der Waals surface area contributed by atoms with Crippen LogP contribution in [0.5, 0.6) is 17.2 Å². The van der Waals surface area contributed by atoms with Crippen molar-refractivity contribution in [1.82, 2.24) is 0 Å². The highest BCUT2D eigenvalue weighted by Crippen LogP contribution is 2.29. The topological polar surface area (TPSA) is 38.7 Å². The van der Waals surface area contributed by atoms with Crippen molar-refractivity contribution in [3.05, 3.63) is 63.7 Å². The SMILES string of the molecule is COc1ccc(O)c(C/C=C(\C)CCc2c(C)cc(OC)c(C)c2C)c1. The first-order valence-electron chi connectivity index (χ1n) is 9.02. The van der Waals surface area contributed by atoms with Gasteiger partial charge in [0.1, 0.15) is 17.2 Å². The van der Waals surface area contributed by atoms with E-state index >= 15 is 0 Å². The summed E-state index contributed by atoms with van der Waals surface area (Å²) in [6, 6.07) is 7.47. The van der Waals surface area contributed by atoms with Crippen molar-refractivity contribution < 1.29 is 14.6 Å². The first-order chi connectivity index (χ1) is 12.4. The second-order valence-corrected chi connectivity index (χ2v) is 6.87. The molecule has 3 heteroatoms. The van der Waals surface area contributed by atoms with Crippen LogP contribution in [-0.2, 0) is 12.8 Å². The maximum atomic E-state index is 10.0. The molecule has 0 aromatic heterocycles. The van der Waals surface area contributed by atoms with Gasteiger partial charge in [-0.2, -0.15) is 0 Å². The van der Waals surface area contributed by atoms with Crippen molar-refractivity contribution in [2.24, 2.45) is 0 Å². The zero-order valence-electron chi connectivity index (χ0n) is 16.8. The van der Waals surface area contributed by atoms with Crippen molar-refractivity contribution in [3.8, 4) is 17.2 Å². The molecule has 140 valence electrons. The minimum atomic E-state index is 0.312. The van der Waals surface area contributed by atoms with Gasteiger partial charge in [-0.3, -0.25) is 0 Å². The quantitative estimate of drug-likeness (QED) is 0.671. The Kier molecular flexibility index (Phi) is 6.73. The van der Waals surface area contributed by atoms with Gasteiger partial charge in [-0.15, -0.1) is 0 Å². The lowest BCUT2D eigenvalue weighted by molar-refractivity contribution is 0.410. The van der Waals surface area contributed by atoms with Gasteiger partial charge in [-0.25, -0.2) is 0 Å². The van der Waals surface area contributed by atoms with Gasteiger partial charge in [-0.05, 0) is 93.5 Å². The van der Waals surface area contributed by atoms with Gasteiger partial charge in [0.25, 0.3) is 0 Å². The van der Waals surface area contributed by atoms with E-state index in [0.29, 0.717) is 12.2 Å². The lowest BCUT2D eigenvalue weighted by Crippen LogP contribution is -2.00. The third-order valence-electron chi connectivity index (χ3n) is 5.15. The number of ether oxygens (including phenoxy) is 2. The van der Waals surface area contributed by atoms with Crippen LogP contribution in [0.2, 0.25) is 0 Å². The summed E-state index contributed by atoms with van der Waals surface area (Å²) in [6.45, 7) is 8.59. The van der Waals surface area contributed by atoms with Crippen molar-refractivity contribution in [2.75, 3.05) is 14.2 Å². The van der Waals surface area contributed by atoms with Gasteiger partial charge in [0.15, 0.2) is 0 Å². The smallest absolute Gasteiger partial charge is 0.122 e. The van der Waals surface area contributed by atoms with Gasteiger partial charge in [0, 0.05) is 5.56 Å². The Labute approximate surface area is 157 Å². The third-order valence-corrected chi connectivity index (χ3v) is 5.15. The molecular formula is C23H30O3. The highest BCUT2D eigenvalue weighted by atomic mass is 16.5. The average molecular weight is 354 g/mol. The summed E-state index contributed by atoms with van der Waals surface area (Å²) in [5, 5.41) is 10.0. The minimum Gasteiger partial charge on any atom is -0.508 e. The summed E-state index contributed by atoms with van der Waals surface area (Å²) >= 11 is 0. The van der Waals surface area contributed by atoms with E-state index < -0.39 is 0 Å². The molecule has 0 heterocycles. The fraction of sp³-hybridized carbons (Fsp3) is 0.391. The third kappa shape index (κ3) is 4.60. The van der Waals surface area contributed by atoms with E-state index in [2.05, 4.69) is 39.8 Å². The number of phenolic OH excluding ortho intramolecular Hbond substituents is 1. The lowest BCUT2D eigenvalue weighted by atomic mass is 9.92. The van der Waals surface area contributed by atoms with E-state index in [1.54, 1.807) is 26.4 Å². The van der Waals surface area contributed by atoms with Crippen LogP contribution in [0.1, 0.15) is 41.2 Å². The Morgan fingerprint density at radius 3 is 2.42 bits per heavy atom. The maximum Gasteiger partial charge on any atom is 0.122 e. The van der Waals surface area contributed by atoms with E-state index in [1.807, 2.05) is 6.07 Å². The monoisotopic (exact) mass is 354 g/mol. The molecule has 0 aliphatic heterocycles. The number of aromatic hydroxyl groups is 1. The summed E-state index contributed by atoms with van der Waals surface area (Å²) in [4.78, 5) is 0. The summed E-state index contributed by atoms with van der Waals surface area (Å²) in [5.74, 6) is 2.04. The van der Waals surface area contributed by atoms with E-state index in [1.165, 1.54) is 27.8 Å².